The van der Waals surface area contributed by atoms with Crippen molar-refractivity contribution in [2.24, 2.45) is 5.41 Å². The van der Waals surface area contributed by atoms with E-state index in [2.05, 4.69) is 44.3 Å². The van der Waals surface area contributed by atoms with Crippen molar-refractivity contribution in [2.75, 3.05) is 26.3 Å². The predicted octanol–water partition coefficient (Wildman–Crippen LogP) is 3.25. The number of hydrogen-bond donors (Lipinski definition) is 1. The average Bonchev–Trinajstić information content (AvgIpc) is 2.77. The summed E-state index contributed by atoms with van der Waals surface area (Å²) >= 11 is 0. The van der Waals surface area contributed by atoms with Crippen molar-refractivity contribution in [2.45, 2.75) is 40.0 Å². The summed E-state index contributed by atoms with van der Waals surface area (Å²) in [7, 11) is 0. The minimum absolute atomic E-state index is 0.301. The van der Waals surface area contributed by atoms with E-state index in [-0.39, 0.29) is 0 Å². The summed E-state index contributed by atoms with van der Waals surface area (Å²) in [6, 6.07) is 6.90. The van der Waals surface area contributed by atoms with Gasteiger partial charge in [0.2, 0.25) is 0 Å². The normalized spacial score (nSPS) is 22.9. The molecule has 2 heteroatoms. The highest BCUT2D eigenvalue weighted by molar-refractivity contribution is 5.29. The Balaban J connectivity index is 2.07. The van der Waals surface area contributed by atoms with Crippen LogP contribution in [0.5, 0.6) is 0 Å². The fourth-order valence-corrected chi connectivity index (χ4v) is 3.13. The third-order valence-corrected chi connectivity index (χ3v) is 3.97. The van der Waals surface area contributed by atoms with Gasteiger partial charge in [-0.05, 0) is 45.2 Å². The second-order valence-electron chi connectivity index (χ2n) is 6.15. The van der Waals surface area contributed by atoms with Crippen molar-refractivity contribution < 1.29 is 4.74 Å². The van der Waals surface area contributed by atoms with E-state index in [1.54, 1.807) is 0 Å². The molecule has 0 radical (unpaired) electrons. The molecule has 1 aliphatic rings. The minimum atomic E-state index is 0.301. The Morgan fingerprint density at radius 1 is 1.21 bits per heavy atom. The molecule has 19 heavy (non-hydrogen) atoms. The number of hydrogen-bond acceptors (Lipinski definition) is 2. The maximum Gasteiger partial charge on any atom is 0.0538 e. The van der Waals surface area contributed by atoms with Crippen LogP contribution in [0.25, 0.3) is 0 Å². The number of nitrogens with one attached hydrogen (secondary N) is 1. The van der Waals surface area contributed by atoms with Crippen LogP contribution < -0.4 is 5.32 Å². The molecule has 0 spiro atoms. The molecule has 0 aliphatic carbocycles. The van der Waals surface area contributed by atoms with E-state index in [9.17, 15) is 0 Å². The first-order chi connectivity index (χ1) is 9.13. The predicted molar refractivity (Wildman–Crippen MR) is 80.6 cm³/mol. The van der Waals surface area contributed by atoms with Crippen molar-refractivity contribution in [3.8, 4) is 0 Å². The fourth-order valence-electron chi connectivity index (χ4n) is 3.13. The summed E-state index contributed by atoms with van der Waals surface area (Å²) in [6.07, 6.45) is 3.50. The highest BCUT2D eigenvalue weighted by Crippen LogP contribution is 2.32. The monoisotopic (exact) mass is 261 g/mol. The fraction of sp³-hybridized carbons (Fsp3) is 0.647. The number of benzene rings is 1. The van der Waals surface area contributed by atoms with Gasteiger partial charge in [-0.3, -0.25) is 0 Å². The van der Waals surface area contributed by atoms with Gasteiger partial charge in [0.1, 0.15) is 0 Å². The molecule has 1 N–H and O–H groups in total. The van der Waals surface area contributed by atoms with Crippen LogP contribution >= 0.6 is 0 Å². The summed E-state index contributed by atoms with van der Waals surface area (Å²) in [4.78, 5) is 0. The summed E-state index contributed by atoms with van der Waals surface area (Å²) in [5, 5.41) is 3.59. The van der Waals surface area contributed by atoms with Crippen molar-refractivity contribution >= 4 is 0 Å². The Labute approximate surface area is 117 Å². The second-order valence-corrected chi connectivity index (χ2v) is 6.15. The van der Waals surface area contributed by atoms with Crippen LogP contribution in [0, 0.1) is 19.3 Å². The molecule has 1 heterocycles. The maximum atomic E-state index is 5.68. The Morgan fingerprint density at radius 2 is 1.95 bits per heavy atom. The quantitative estimate of drug-likeness (QED) is 0.794. The zero-order chi connectivity index (χ0) is 13.7. The van der Waals surface area contributed by atoms with Crippen molar-refractivity contribution in [3.63, 3.8) is 0 Å². The molecule has 1 saturated heterocycles. The Morgan fingerprint density at radius 3 is 2.53 bits per heavy atom. The summed E-state index contributed by atoms with van der Waals surface area (Å²) in [6.45, 7) is 10.6. The van der Waals surface area contributed by atoms with E-state index >= 15 is 0 Å². The third-order valence-electron chi connectivity index (χ3n) is 3.97. The molecule has 1 unspecified atom stereocenters. The van der Waals surface area contributed by atoms with Gasteiger partial charge in [0, 0.05) is 18.6 Å². The second kappa shape index (κ2) is 6.53. The van der Waals surface area contributed by atoms with Gasteiger partial charge in [-0.2, -0.15) is 0 Å². The molecule has 106 valence electrons. The number of aryl methyl sites for hydroxylation is 2. The molecule has 1 aromatic carbocycles. The van der Waals surface area contributed by atoms with Crippen LogP contribution in [0.15, 0.2) is 18.2 Å². The van der Waals surface area contributed by atoms with E-state index in [4.69, 9.17) is 4.74 Å². The van der Waals surface area contributed by atoms with Crippen molar-refractivity contribution in [1.29, 1.82) is 0 Å². The molecular formula is C17H27NO. The van der Waals surface area contributed by atoms with Gasteiger partial charge < -0.3 is 10.1 Å². The van der Waals surface area contributed by atoms with Gasteiger partial charge in [-0.25, -0.2) is 0 Å². The molecule has 0 saturated carbocycles. The van der Waals surface area contributed by atoms with E-state index in [1.165, 1.54) is 29.5 Å². The molecule has 1 atom stereocenters. The van der Waals surface area contributed by atoms with E-state index in [0.717, 1.165) is 32.7 Å². The summed E-state index contributed by atoms with van der Waals surface area (Å²) in [5.41, 5.74) is 4.49. The first kappa shape index (κ1) is 14.5. The summed E-state index contributed by atoms with van der Waals surface area (Å²) in [5.74, 6) is 0. The Hall–Kier alpha value is -0.860. The lowest BCUT2D eigenvalue weighted by Crippen LogP contribution is -2.37. The molecule has 0 aromatic heterocycles. The highest BCUT2D eigenvalue weighted by Gasteiger charge is 2.34. The molecule has 1 fully saturated rings. The van der Waals surface area contributed by atoms with Crippen LogP contribution in [0.4, 0.5) is 0 Å². The van der Waals surface area contributed by atoms with E-state index in [1.807, 2.05) is 0 Å². The largest absolute Gasteiger partial charge is 0.381 e. The topological polar surface area (TPSA) is 21.3 Å². The van der Waals surface area contributed by atoms with Gasteiger partial charge in [0.25, 0.3) is 0 Å². The van der Waals surface area contributed by atoms with Crippen LogP contribution in [-0.4, -0.2) is 26.3 Å². The third kappa shape index (κ3) is 4.05. The first-order valence-corrected chi connectivity index (χ1v) is 7.49. The minimum Gasteiger partial charge on any atom is -0.381 e. The van der Waals surface area contributed by atoms with Gasteiger partial charge in [-0.15, -0.1) is 0 Å². The molecule has 1 aromatic rings. The standard InChI is InChI=1S/C17H27NO/c1-4-6-18-12-17(5-7-19-13-17)11-16-9-14(2)8-15(3)10-16/h8-10,18H,4-7,11-13H2,1-3H3. The summed E-state index contributed by atoms with van der Waals surface area (Å²) < 4.78 is 5.68. The van der Waals surface area contributed by atoms with Gasteiger partial charge in [0.15, 0.2) is 0 Å². The lowest BCUT2D eigenvalue weighted by molar-refractivity contribution is 0.149. The van der Waals surface area contributed by atoms with Gasteiger partial charge >= 0.3 is 0 Å². The zero-order valence-electron chi connectivity index (χ0n) is 12.6. The Kier molecular flexibility index (Phi) is 5.00. The maximum absolute atomic E-state index is 5.68. The molecule has 2 rings (SSSR count). The van der Waals surface area contributed by atoms with Crippen LogP contribution in [0.1, 0.15) is 36.5 Å². The highest BCUT2D eigenvalue weighted by atomic mass is 16.5. The van der Waals surface area contributed by atoms with Crippen LogP contribution in [0.3, 0.4) is 0 Å². The van der Waals surface area contributed by atoms with Gasteiger partial charge in [-0.1, -0.05) is 36.2 Å². The van der Waals surface area contributed by atoms with Crippen LogP contribution in [0.2, 0.25) is 0 Å². The Bertz CT molecular complexity index is 387. The average molecular weight is 261 g/mol. The molecular weight excluding hydrogens is 234 g/mol. The van der Waals surface area contributed by atoms with Crippen molar-refractivity contribution in [1.82, 2.24) is 5.32 Å². The lowest BCUT2D eigenvalue weighted by Gasteiger charge is -2.28. The molecule has 0 amide bonds. The van der Waals surface area contributed by atoms with E-state index < -0.39 is 0 Å². The smallest absolute Gasteiger partial charge is 0.0538 e. The van der Waals surface area contributed by atoms with E-state index in [0.29, 0.717) is 5.41 Å². The van der Waals surface area contributed by atoms with Gasteiger partial charge in [0.05, 0.1) is 6.61 Å². The molecule has 2 nitrogen and oxygen atoms in total. The number of rotatable bonds is 6. The lowest BCUT2D eigenvalue weighted by atomic mass is 9.80. The molecule has 1 aliphatic heterocycles. The first-order valence-electron chi connectivity index (χ1n) is 7.49. The number of ether oxygens (including phenoxy) is 1. The van der Waals surface area contributed by atoms with Crippen LogP contribution in [-0.2, 0) is 11.2 Å². The SMILES string of the molecule is CCCNCC1(Cc2cc(C)cc(C)c2)CCOC1. The molecule has 0 bridgehead atoms. The zero-order valence-corrected chi connectivity index (χ0v) is 12.6. The van der Waals surface area contributed by atoms with Crippen molar-refractivity contribution in [3.05, 3.63) is 34.9 Å².